The van der Waals surface area contributed by atoms with Crippen LogP contribution < -0.4 is 0 Å². The SMILES string of the molecule is C=C(C)/C=C/c1cccc2[nH]cc(C=O)c12. The summed E-state index contributed by atoms with van der Waals surface area (Å²) < 4.78 is 0. The van der Waals surface area contributed by atoms with E-state index in [4.69, 9.17) is 0 Å². The molecule has 0 unspecified atom stereocenters. The second-order valence-corrected chi connectivity index (χ2v) is 3.81. The first-order valence-corrected chi connectivity index (χ1v) is 5.11. The minimum Gasteiger partial charge on any atom is -0.360 e. The maximum atomic E-state index is 10.9. The molecule has 2 aromatic rings. The molecule has 2 heteroatoms. The minimum atomic E-state index is 0.692. The van der Waals surface area contributed by atoms with Gasteiger partial charge in [0.1, 0.15) is 0 Å². The number of aromatic nitrogens is 1. The number of hydrogen-bond donors (Lipinski definition) is 1. The number of carbonyl (C=O) groups excluding carboxylic acids is 1. The molecule has 1 heterocycles. The van der Waals surface area contributed by atoms with Crippen LogP contribution in [0.5, 0.6) is 0 Å². The molecule has 1 aromatic heterocycles. The molecular formula is C14H13NO. The van der Waals surface area contributed by atoms with Crippen molar-refractivity contribution >= 4 is 23.3 Å². The van der Waals surface area contributed by atoms with Gasteiger partial charge in [0.2, 0.25) is 0 Å². The van der Waals surface area contributed by atoms with Crippen LogP contribution in [0.25, 0.3) is 17.0 Å². The third kappa shape index (κ3) is 1.82. The van der Waals surface area contributed by atoms with Crippen molar-refractivity contribution in [3.8, 4) is 0 Å². The average molecular weight is 211 g/mol. The molecule has 1 N–H and O–H groups in total. The van der Waals surface area contributed by atoms with Crippen LogP contribution in [0.15, 0.2) is 42.6 Å². The summed E-state index contributed by atoms with van der Waals surface area (Å²) in [7, 11) is 0. The van der Waals surface area contributed by atoms with Gasteiger partial charge in [0.05, 0.1) is 0 Å². The van der Waals surface area contributed by atoms with Gasteiger partial charge in [0, 0.05) is 22.7 Å². The monoisotopic (exact) mass is 211 g/mol. The van der Waals surface area contributed by atoms with Crippen molar-refractivity contribution in [2.75, 3.05) is 0 Å². The first-order valence-electron chi connectivity index (χ1n) is 5.11. The van der Waals surface area contributed by atoms with Crippen LogP contribution in [0.3, 0.4) is 0 Å². The molecule has 16 heavy (non-hydrogen) atoms. The molecule has 0 saturated heterocycles. The fraction of sp³-hybridized carbons (Fsp3) is 0.0714. The Morgan fingerprint density at radius 2 is 2.19 bits per heavy atom. The van der Waals surface area contributed by atoms with Crippen LogP contribution in [0, 0.1) is 0 Å². The number of hydrogen-bond acceptors (Lipinski definition) is 1. The highest BCUT2D eigenvalue weighted by Crippen LogP contribution is 2.22. The van der Waals surface area contributed by atoms with E-state index in [1.165, 1.54) is 0 Å². The Labute approximate surface area is 94.3 Å². The number of carbonyl (C=O) groups is 1. The number of aldehydes is 1. The van der Waals surface area contributed by atoms with E-state index in [1.54, 1.807) is 6.20 Å². The molecule has 0 radical (unpaired) electrons. The zero-order chi connectivity index (χ0) is 11.5. The van der Waals surface area contributed by atoms with Gasteiger partial charge >= 0.3 is 0 Å². The van der Waals surface area contributed by atoms with E-state index in [0.29, 0.717) is 5.56 Å². The molecule has 2 rings (SSSR count). The average Bonchev–Trinajstić information content (AvgIpc) is 2.69. The van der Waals surface area contributed by atoms with E-state index in [9.17, 15) is 4.79 Å². The standard InChI is InChI=1S/C14H13NO/c1-10(2)6-7-11-4-3-5-13-14(11)12(9-16)8-15-13/h3-9,15H,1H2,2H3/b7-6+. The lowest BCUT2D eigenvalue weighted by Crippen LogP contribution is -1.80. The summed E-state index contributed by atoms with van der Waals surface area (Å²) in [6.45, 7) is 5.76. The van der Waals surface area contributed by atoms with Crippen molar-refractivity contribution in [1.29, 1.82) is 0 Å². The molecule has 2 nitrogen and oxygen atoms in total. The molecule has 1 aromatic carbocycles. The van der Waals surface area contributed by atoms with E-state index in [-0.39, 0.29) is 0 Å². The van der Waals surface area contributed by atoms with Gasteiger partial charge in [-0.2, -0.15) is 0 Å². The lowest BCUT2D eigenvalue weighted by Gasteiger charge is -1.98. The maximum absolute atomic E-state index is 10.9. The zero-order valence-electron chi connectivity index (χ0n) is 9.16. The van der Waals surface area contributed by atoms with Crippen LogP contribution in [0.4, 0.5) is 0 Å². The molecule has 0 saturated carbocycles. The van der Waals surface area contributed by atoms with Gasteiger partial charge in [-0.15, -0.1) is 0 Å². The topological polar surface area (TPSA) is 32.9 Å². The Morgan fingerprint density at radius 3 is 2.88 bits per heavy atom. The second kappa shape index (κ2) is 4.19. The van der Waals surface area contributed by atoms with E-state index in [1.807, 2.05) is 37.3 Å². The van der Waals surface area contributed by atoms with Gasteiger partial charge in [-0.1, -0.05) is 36.4 Å². The minimum absolute atomic E-state index is 0.692. The first kappa shape index (κ1) is 10.4. The molecule has 0 aliphatic rings. The fourth-order valence-electron chi connectivity index (χ4n) is 1.70. The number of aromatic amines is 1. The fourth-order valence-corrected chi connectivity index (χ4v) is 1.70. The van der Waals surface area contributed by atoms with E-state index < -0.39 is 0 Å². The summed E-state index contributed by atoms with van der Waals surface area (Å²) in [4.78, 5) is 14.0. The van der Waals surface area contributed by atoms with Crippen LogP contribution in [-0.2, 0) is 0 Å². The predicted molar refractivity (Wildman–Crippen MR) is 67.5 cm³/mol. The smallest absolute Gasteiger partial charge is 0.152 e. The number of fused-ring (bicyclic) bond motifs is 1. The van der Waals surface area contributed by atoms with Gasteiger partial charge in [0.25, 0.3) is 0 Å². The maximum Gasteiger partial charge on any atom is 0.152 e. The normalized spacial score (nSPS) is 11.1. The summed E-state index contributed by atoms with van der Waals surface area (Å²) in [6, 6.07) is 5.91. The molecular weight excluding hydrogens is 198 g/mol. The third-order valence-electron chi connectivity index (χ3n) is 2.44. The van der Waals surface area contributed by atoms with Crippen molar-refractivity contribution in [1.82, 2.24) is 4.98 Å². The molecule has 0 fully saturated rings. The number of nitrogens with one attached hydrogen (secondary N) is 1. The predicted octanol–water partition coefficient (Wildman–Crippen LogP) is 3.57. The van der Waals surface area contributed by atoms with Gasteiger partial charge in [0.15, 0.2) is 6.29 Å². The van der Waals surface area contributed by atoms with Crippen LogP contribution in [0.1, 0.15) is 22.8 Å². The van der Waals surface area contributed by atoms with Crippen molar-refractivity contribution in [2.45, 2.75) is 6.92 Å². The Balaban J connectivity index is 2.63. The molecule has 0 aliphatic heterocycles. The molecule has 80 valence electrons. The zero-order valence-corrected chi connectivity index (χ0v) is 9.16. The highest BCUT2D eigenvalue weighted by molar-refractivity contribution is 6.01. The first-order chi connectivity index (χ1) is 7.72. The molecule has 0 bridgehead atoms. The Hall–Kier alpha value is -2.09. The van der Waals surface area contributed by atoms with Gasteiger partial charge in [-0.3, -0.25) is 4.79 Å². The number of benzene rings is 1. The van der Waals surface area contributed by atoms with E-state index in [0.717, 1.165) is 28.3 Å². The highest BCUT2D eigenvalue weighted by Gasteiger charge is 2.05. The largest absolute Gasteiger partial charge is 0.360 e. The third-order valence-corrected chi connectivity index (χ3v) is 2.44. The quantitative estimate of drug-likeness (QED) is 0.611. The van der Waals surface area contributed by atoms with Crippen LogP contribution in [-0.4, -0.2) is 11.3 Å². The van der Waals surface area contributed by atoms with Crippen LogP contribution >= 0.6 is 0 Å². The van der Waals surface area contributed by atoms with Crippen molar-refractivity contribution in [2.24, 2.45) is 0 Å². The summed E-state index contributed by atoms with van der Waals surface area (Å²) in [5.41, 5.74) is 3.69. The number of rotatable bonds is 3. The van der Waals surface area contributed by atoms with Gasteiger partial charge < -0.3 is 4.98 Å². The van der Waals surface area contributed by atoms with E-state index in [2.05, 4.69) is 11.6 Å². The van der Waals surface area contributed by atoms with Crippen molar-refractivity contribution < 1.29 is 4.79 Å². The van der Waals surface area contributed by atoms with Crippen molar-refractivity contribution in [3.05, 3.63) is 53.8 Å². The summed E-state index contributed by atoms with van der Waals surface area (Å²) in [5.74, 6) is 0. The molecule has 0 spiro atoms. The number of allylic oxidation sites excluding steroid dienone is 2. The summed E-state index contributed by atoms with van der Waals surface area (Å²) >= 11 is 0. The van der Waals surface area contributed by atoms with E-state index >= 15 is 0 Å². The highest BCUT2D eigenvalue weighted by atomic mass is 16.1. The Kier molecular flexibility index (Phi) is 2.73. The Morgan fingerprint density at radius 1 is 1.38 bits per heavy atom. The molecule has 0 amide bonds. The second-order valence-electron chi connectivity index (χ2n) is 3.81. The van der Waals surface area contributed by atoms with Crippen LogP contribution in [0.2, 0.25) is 0 Å². The van der Waals surface area contributed by atoms with Gasteiger partial charge in [-0.05, 0) is 18.6 Å². The van der Waals surface area contributed by atoms with Crippen molar-refractivity contribution in [3.63, 3.8) is 0 Å². The molecule has 0 atom stereocenters. The number of H-pyrrole nitrogens is 1. The summed E-state index contributed by atoms with van der Waals surface area (Å²) in [5, 5.41) is 0.968. The Bertz CT molecular complexity index is 575. The lowest BCUT2D eigenvalue weighted by atomic mass is 10.1. The van der Waals surface area contributed by atoms with Gasteiger partial charge in [-0.25, -0.2) is 0 Å². The lowest BCUT2D eigenvalue weighted by molar-refractivity contribution is 0.112. The molecule has 0 aliphatic carbocycles. The summed E-state index contributed by atoms with van der Waals surface area (Å²) in [6.07, 6.45) is 6.52.